The summed E-state index contributed by atoms with van der Waals surface area (Å²) in [7, 11) is 0. The summed E-state index contributed by atoms with van der Waals surface area (Å²) in [6.07, 6.45) is 1.03. The number of allylic oxidation sites excluding steroid dienone is 3. The number of rotatable bonds is 7. The largest absolute Gasteiger partial charge is 0.494 e. The molecule has 0 radical (unpaired) electrons. The fourth-order valence-corrected chi connectivity index (χ4v) is 5.04. The van der Waals surface area contributed by atoms with Crippen LogP contribution in [0.15, 0.2) is 71.1 Å². The SMILES string of the molecule is CCOc1ccccc1[C@@H]1C(C(=O)OCC(C)C)=C(C)NC2=C1C(=O)C[C@@H](c1ccc(Cl)cc1)C2. The Morgan fingerprint density at radius 3 is 2.51 bits per heavy atom. The molecule has 2 aromatic carbocycles. The van der Waals surface area contributed by atoms with Gasteiger partial charge < -0.3 is 14.8 Å². The summed E-state index contributed by atoms with van der Waals surface area (Å²) in [5.74, 6) is -0.0145. The highest BCUT2D eigenvalue weighted by Gasteiger charge is 2.42. The van der Waals surface area contributed by atoms with Gasteiger partial charge in [-0.3, -0.25) is 4.79 Å². The minimum Gasteiger partial charge on any atom is -0.494 e. The number of halogens is 1. The zero-order valence-corrected chi connectivity index (χ0v) is 21.4. The highest BCUT2D eigenvalue weighted by atomic mass is 35.5. The molecule has 0 saturated carbocycles. The summed E-state index contributed by atoms with van der Waals surface area (Å²) in [5.41, 5.74) is 4.54. The first-order valence-corrected chi connectivity index (χ1v) is 12.6. The van der Waals surface area contributed by atoms with E-state index >= 15 is 0 Å². The molecule has 0 bridgehead atoms. The van der Waals surface area contributed by atoms with Gasteiger partial charge in [-0.15, -0.1) is 0 Å². The molecule has 0 aromatic heterocycles. The average molecular weight is 494 g/mol. The predicted octanol–water partition coefficient (Wildman–Crippen LogP) is 6.30. The van der Waals surface area contributed by atoms with Crippen LogP contribution in [0.3, 0.4) is 0 Å². The van der Waals surface area contributed by atoms with Gasteiger partial charge in [0.1, 0.15) is 5.75 Å². The van der Waals surface area contributed by atoms with Gasteiger partial charge in [0.2, 0.25) is 0 Å². The summed E-state index contributed by atoms with van der Waals surface area (Å²) in [4.78, 5) is 27.1. The number of Topliss-reactive ketones (excluding diaryl/α,β-unsaturated/α-hetero) is 1. The zero-order valence-electron chi connectivity index (χ0n) is 20.7. The number of hydrogen-bond donors (Lipinski definition) is 1. The molecule has 2 aliphatic rings. The van der Waals surface area contributed by atoms with Crippen molar-refractivity contribution in [2.75, 3.05) is 13.2 Å². The number of ether oxygens (including phenoxy) is 2. The molecule has 1 aliphatic heterocycles. The van der Waals surface area contributed by atoms with Gasteiger partial charge in [0.05, 0.1) is 24.7 Å². The second kappa shape index (κ2) is 10.7. The number of ketones is 1. The highest BCUT2D eigenvalue weighted by Crippen LogP contribution is 2.47. The van der Waals surface area contributed by atoms with Crippen LogP contribution in [0, 0.1) is 5.92 Å². The predicted molar refractivity (Wildman–Crippen MR) is 137 cm³/mol. The van der Waals surface area contributed by atoms with Crippen LogP contribution >= 0.6 is 11.6 Å². The van der Waals surface area contributed by atoms with Crippen LogP contribution in [-0.4, -0.2) is 25.0 Å². The molecule has 1 aliphatic carbocycles. The Kier molecular flexibility index (Phi) is 7.66. The number of nitrogens with one attached hydrogen (secondary N) is 1. The lowest BCUT2D eigenvalue weighted by atomic mass is 9.71. The molecule has 2 aromatic rings. The number of hydrogen-bond acceptors (Lipinski definition) is 5. The van der Waals surface area contributed by atoms with Crippen molar-refractivity contribution in [1.82, 2.24) is 5.32 Å². The topological polar surface area (TPSA) is 64.6 Å². The third kappa shape index (κ3) is 5.30. The maximum absolute atomic E-state index is 13.7. The Bertz CT molecular complexity index is 1180. The molecule has 0 amide bonds. The molecule has 0 saturated heterocycles. The van der Waals surface area contributed by atoms with Gasteiger partial charge >= 0.3 is 5.97 Å². The zero-order chi connectivity index (χ0) is 25.1. The van der Waals surface area contributed by atoms with Gasteiger partial charge in [-0.25, -0.2) is 4.79 Å². The fourth-order valence-electron chi connectivity index (χ4n) is 4.92. The van der Waals surface area contributed by atoms with E-state index < -0.39 is 11.9 Å². The van der Waals surface area contributed by atoms with Crippen molar-refractivity contribution in [3.63, 3.8) is 0 Å². The molecule has 6 heteroatoms. The van der Waals surface area contributed by atoms with Gasteiger partial charge in [0, 0.05) is 34.0 Å². The first-order chi connectivity index (χ1) is 16.8. The maximum Gasteiger partial charge on any atom is 0.336 e. The summed E-state index contributed by atoms with van der Waals surface area (Å²) in [5, 5.41) is 4.07. The van der Waals surface area contributed by atoms with E-state index in [1.54, 1.807) is 0 Å². The molecule has 5 nitrogen and oxygen atoms in total. The summed E-state index contributed by atoms with van der Waals surface area (Å²) >= 11 is 6.08. The third-order valence-corrected chi connectivity index (χ3v) is 6.72. The number of benzene rings is 2. The Labute approximate surface area is 212 Å². The average Bonchev–Trinajstić information content (AvgIpc) is 2.82. The van der Waals surface area contributed by atoms with Crippen LogP contribution in [0.5, 0.6) is 5.75 Å². The lowest BCUT2D eigenvalue weighted by molar-refractivity contribution is -0.140. The molecule has 0 spiro atoms. The number of carbonyl (C=O) groups excluding carboxylic acids is 2. The molecule has 0 unspecified atom stereocenters. The summed E-state index contributed by atoms with van der Waals surface area (Å²) < 4.78 is 11.6. The molecular formula is C29H32ClNO4. The van der Waals surface area contributed by atoms with Crippen LogP contribution in [0.4, 0.5) is 0 Å². The lowest BCUT2D eigenvalue weighted by Crippen LogP contribution is -2.36. The molecular weight excluding hydrogens is 462 g/mol. The standard InChI is InChI=1S/C29H32ClNO4/c1-5-34-25-9-7-6-8-22(25)27-26(29(33)35-16-17(2)3)18(4)31-23-14-20(15-24(32)28(23)27)19-10-12-21(30)13-11-19/h6-13,17,20,27,31H,5,14-16H2,1-4H3/t20-,27+/m0/s1. The fraction of sp³-hybridized carbons (Fsp3) is 0.379. The minimum atomic E-state index is -0.549. The van der Waals surface area contributed by atoms with Crippen LogP contribution in [-0.2, 0) is 14.3 Å². The van der Waals surface area contributed by atoms with E-state index in [-0.39, 0.29) is 17.6 Å². The Balaban J connectivity index is 1.80. The maximum atomic E-state index is 13.7. The quantitative estimate of drug-likeness (QED) is 0.458. The Morgan fingerprint density at radius 1 is 1.11 bits per heavy atom. The van der Waals surface area contributed by atoms with Crippen molar-refractivity contribution in [1.29, 1.82) is 0 Å². The first kappa shape index (κ1) is 25.1. The van der Waals surface area contributed by atoms with Crippen LogP contribution in [0.25, 0.3) is 0 Å². The van der Waals surface area contributed by atoms with Gasteiger partial charge in [-0.1, -0.05) is 55.8 Å². The third-order valence-electron chi connectivity index (χ3n) is 6.47. The van der Waals surface area contributed by atoms with Gasteiger partial charge in [0.15, 0.2) is 5.78 Å². The molecule has 4 rings (SSSR count). The molecule has 1 N–H and O–H groups in total. The van der Waals surface area contributed by atoms with Crippen molar-refractivity contribution in [2.45, 2.75) is 52.4 Å². The molecule has 35 heavy (non-hydrogen) atoms. The van der Waals surface area contributed by atoms with E-state index in [1.807, 2.05) is 76.2 Å². The molecule has 184 valence electrons. The van der Waals surface area contributed by atoms with E-state index in [0.29, 0.717) is 53.7 Å². The smallest absolute Gasteiger partial charge is 0.336 e. The van der Waals surface area contributed by atoms with Gasteiger partial charge in [0.25, 0.3) is 0 Å². The second-order valence-corrected chi connectivity index (χ2v) is 9.97. The van der Waals surface area contributed by atoms with Crippen LogP contribution < -0.4 is 10.1 Å². The van der Waals surface area contributed by atoms with E-state index in [2.05, 4.69) is 5.32 Å². The second-order valence-electron chi connectivity index (χ2n) is 9.53. The van der Waals surface area contributed by atoms with Crippen molar-refractivity contribution < 1.29 is 19.1 Å². The molecule has 0 fully saturated rings. The first-order valence-electron chi connectivity index (χ1n) is 12.2. The monoisotopic (exact) mass is 493 g/mol. The molecule has 2 atom stereocenters. The van der Waals surface area contributed by atoms with E-state index in [0.717, 1.165) is 16.8 Å². The van der Waals surface area contributed by atoms with E-state index in [4.69, 9.17) is 21.1 Å². The van der Waals surface area contributed by atoms with Crippen LogP contribution in [0.2, 0.25) is 5.02 Å². The number of para-hydroxylation sites is 1. The summed E-state index contributed by atoms with van der Waals surface area (Å²) in [6.45, 7) is 8.59. The highest BCUT2D eigenvalue weighted by molar-refractivity contribution is 6.30. The Morgan fingerprint density at radius 2 is 1.83 bits per heavy atom. The normalized spacial score (nSPS) is 20.0. The minimum absolute atomic E-state index is 0.0247. The van der Waals surface area contributed by atoms with Gasteiger partial charge in [-0.05, 0) is 55.9 Å². The summed E-state index contributed by atoms with van der Waals surface area (Å²) in [6, 6.07) is 15.3. The van der Waals surface area contributed by atoms with Crippen molar-refractivity contribution in [3.05, 3.63) is 87.2 Å². The molecule has 1 heterocycles. The van der Waals surface area contributed by atoms with E-state index in [9.17, 15) is 9.59 Å². The van der Waals surface area contributed by atoms with Crippen LogP contribution in [0.1, 0.15) is 63.5 Å². The van der Waals surface area contributed by atoms with Gasteiger partial charge in [-0.2, -0.15) is 0 Å². The number of dihydropyridines is 1. The number of carbonyl (C=O) groups is 2. The number of esters is 1. The Hall–Kier alpha value is -3.05. The lowest BCUT2D eigenvalue weighted by Gasteiger charge is -2.37. The van der Waals surface area contributed by atoms with E-state index in [1.165, 1.54) is 0 Å². The van der Waals surface area contributed by atoms with Crippen molar-refractivity contribution in [3.8, 4) is 5.75 Å². The van der Waals surface area contributed by atoms with Crippen molar-refractivity contribution in [2.24, 2.45) is 5.92 Å². The van der Waals surface area contributed by atoms with Crippen molar-refractivity contribution >= 4 is 23.4 Å².